The molecule has 1 aromatic carbocycles. The van der Waals surface area contributed by atoms with E-state index in [1.165, 1.54) is 5.56 Å². The van der Waals surface area contributed by atoms with Crippen LogP contribution in [0.2, 0.25) is 0 Å². The van der Waals surface area contributed by atoms with Crippen LogP contribution < -0.4 is 15.4 Å². The third-order valence-corrected chi connectivity index (χ3v) is 3.74. The van der Waals surface area contributed by atoms with Crippen LogP contribution in [0.1, 0.15) is 39.7 Å². The van der Waals surface area contributed by atoms with Crippen molar-refractivity contribution < 1.29 is 9.53 Å². The maximum atomic E-state index is 12.0. The zero-order valence-electron chi connectivity index (χ0n) is 15.4. The van der Waals surface area contributed by atoms with Crippen molar-refractivity contribution >= 4 is 29.2 Å². The molecule has 1 aromatic heterocycles. The summed E-state index contributed by atoms with van der Waals surface area (Å²) in [6, 6.07) is 7.69. The molecule has 140 valence electrons. The van der Waals surface area contributed by atoms with E-state index in [1.54, 1.807) is 4.68 Å². The number of carbonyl (C=O) groups is 1. The van der Waals surface area contributed by atoms with Gasteiger partial charge in [0.1, 0.15) is 5.75 Å². The third-order valence-electron chi connectivity index (χ3n) is 3.54. The molecule has 0 spiro atoms. The summed E-state index contributed by atoms with van der Waals surface area (Å²) in [7, 11) is 0. The van der Waals surface area contributed by atoms with E-state index < -0.39 is 0 Å². The van der Waals surface area contributed by atoms with Crippen molar-refractivity contribution in [3.05, 3.63) is 29.8 Å². The van der Waals surface area contributed by atoms with E-state index in [0.717, 1.165) is 6.42 Å². The molecule has 0 bridgehead atoms. The number of hydrogen-bond donors (Lipinski definition) is 2. The molecule has 2 aromatic rings. The summed E-state index contributed by atoms with van der Waals surface area (Å²) < 4.78 is 7.06. The summed E-state index contributed by atoms with van der Waals surface area (Å²) in [6.45, 7) is 8.94. The highest BCUT2D eigenvalue weighted by Gasteiger charge is 2.14. The van der Waals surface area contributed by atoms with Crippen molar-refractivity contribution in [3.8, 4) is 5.75 Å². The average Bonchev–Trinajstić information content (AvgIpc) is 2.99. The van der Waals surface area contributed by atoms with Gasteiger partial charge in [0.2, 0.25) is 5.95 Å². The lowest BCUT2D eigenvalue weighted by molar-refractivity contribution is -0.121. The number of nitrogens with one attached hydrogen (secondary N) is 2. The monoisotopic (exact) mass is 376 g/mol. The van der Waals surface area contributed by atoms with E-state index in [-0.39, 0.29) is 23.0 Å². The second-order valence-corrected chi connectivity index (χ2v) is 7.20. The van der Waals surface area contributed by atoms with Gasteiger partial charge in [0.15, 0.2) is 11.7 Å². The van der Waals surface area contributed by atoms with Crippen LogP contribution in [-0.4, -0.2) is 37.8 Å². The van der Waals surface area contributed by atoms with Crippen LogP contribution in [-0.2, 0) is 16.8 Å². The smallest absolute Gasteiger partial charge is 0.264 e. The van der Waals surface area contributed by atoms with Crippen molar-refractivity contribution in [1.82, 2.24) is 25.5 Å². The van der Waals surface area contributed by atoms with Gasteiger partial charge < -0.3 is 4.74 Å². The Morgan fingerprint density at radius 3 is 2.58 bits per heavy atom. The van der Waals surface area contributed by atoms with Gasteiger partial charge in [-0.1, -0.05) is 44.9 Å². The highest BCUT2D eigenvalue weighted by molar-refractivity contribution is 7.80. The molecule has 0 radical (unpaired) electrons. The Hall–Kier alpha value is -2.55. The van der Waals surface area contributed by atoms with E-state index in [0.29, 0.717) is 18.2 Å². The number of amides is 1. The highest BCUT2D eigenvalue weighted by Crippen LogP contribution is 2.24. The lowest BCUT2D eigenvalue weighted by Gasteiger charge is -2.19. The Bertz CT molecular complexity index is 751. The van der Waals surface area contributed by atoms with Crippen LogP contribution >= 0.6 is 12.2 Å². The standard InChI is InChI=1S/C17H24N6O2S/c1-5-10-23-15(20-21-22-23)19-16(26)18-14(24)11-25-13-8-6-12(7-9-13)17(2,3)4/h6-9H,5,10-11H2,1-4H3,(H2,18,19,20,22,24,26). The zero-order valence-corrected chi connectivity index (χ0v) is 16.3. The van der Waals surface area contributed by atoms with Gasteiger partial charge in [0.05, 0.1) is 0 Å². The Balaban J connectivity index is 1.81. The molecule has 1 amide bonds. The number of tetrazole rings is 1. The summed E-state index contributed by atoms with van der Waals surface area (Å²) in [5.74, 6) is 0.645. The molecule has 8 nitrogen and oxygen atoms in total. The minimum Gasteiger partial charge on any atom is -0.484 e. The molecule has 1 heterocycles. The van der Waals surface area contributed by atoms with E-state index >= 15 is 0 Å². The molecular formula is C17H24N6O2S. The molecule has 0 aliphatic heterocycles. The molecule has 0 fully saturated rings. The van der Waals surface area contributed by atoms with Gasteiger partial charge in [-0.3, -0.25) is 15.4 Å². The Labute approximate surface area is 158 Å². The number of rotatable bonds is 6. The average molecular weight is 376 g/mol. The molecule has 0 saturated carbocycles. The van der Waals surface area contributed by atoms with Crippen molar-refractivity contribution in [2.24, 2.45) is 0 Å². The maximum Gasteiger partial charge on any atom is 0.264 e. The zero-order chi connectivity index (χ0) is 19.2. The molecule has 0 unspecified atom stereocenters. The highest BCUT2D eigenvalue weighted by atomic mass is 32.1. The summed E-state index contributed by atoms with van der Waals surface area (Å²) in [6.07, 6.45) is 0.876. The minimum absolute atomic E-state index is 0.0704. The molecule has 0 aliphatic rings. The molecule has 2 N–H and O–H groups in total. The summed E-state index contributed by atoms with van der Waals surface area (Å²) in [5, 5.41) is 16.7. The largest absolute Gasteiger partial charge is 0.484 e. The molecule has 0 saturated heterocycles. The van der Waals surface area contributed by atoms with Crippen LogP contribution in [0.15, 0.2) is 24.3 Å². The molecule has 0 atom stereocenters. The summed E-state index contributed by atoms with van der Waals surface area (Å²) in [4.78, 5) is 12.0. The van der Waals surface area contributed by atoms with E-state index in [1.807, 2.05) is 31.2 Å². The first-order valence-corrected chi connectivity index (χ1v) is 8.80. The number of aromatic nitrogens is 4. The fourth-order valence-corrected chi connectivity index (χ4v) is 2.36. The van der Waals surface area contributed by atoms with E-state index in [9.17, 15) is 4.79 Å². The van der Waals surface area contributed by atoms with Crippen LogP contribution in [0.3, 0.4) is 0 Å². The molecule has 9 heteroatoms. The maximum absolute atomic E-state index is 12.0. The fourth-order valence-electron chi connectivity index (χ4n) is 2.15. The quantitative estimate of drug-likeness (QED) is 0.747. The Morgan fingerprint density at radius 2 is 1.96 bits per heavy atom. The van der Waals surface area contributed by atoms with Crippen LogP contribution in [0.25, 0.3) is 0 Å². The van der Waals surface area contributed by atoms with Crippen LogP contribution in [0.5, 0.6) is 5.75 Å². The van der Waals surface area contributed by atoms with Crippen molar-refractivity contribution in [2.75, 3.05) is 11.9 Å². The van der Waals surface area contributed by atoms with Crippen LogP contribution in [0.4, 0.5) is 5.95 Å². The molecule has 2 rings (SSSR count). The van der Waals surface area contributed by atoms with Crippen molar-refractivity contribution in [3.63, 3.8) is 0 Å². The first-order valence-electron chi connectivity index (χ1n) is 8.40. The molecule has 26 heavy (non-hydrogen) atoms. The van der Waals surface area contributed by atoms with E-state index in [4.69, 9.17) is 17.0 Å². The Morgan fingerprint density at radius 1 is 1.27 bits per heavy atom. The SMILES string of the molecule is CCCn1nnnc1NC(=S)NC(=O)COc1ccc(C(C)(C)C)cc1. The van der Waals surface area contributed by atoms with Crippen molar-refractivity contribution in [1.29, 1.82) is 0 Å². The summed E-state index contributed by atoms with van der Waals surface area (Å²) in [5.41, 5.74) is 1.27. The normalized spacial score (nSPS) is 11.1. The first-order chi connectivity index (χ1) is 12.3. The third kappa shape index (κ3) is 5.76. The fraction of sp³-hybridized carbons (Fsp3) is 0.471. The summed E-state index contributed by atoms with van der Waals surface area (Å²) >= 11 is 5.10. The van der Waals surface area contributed by atoms with Gasteiger partial charge in [-0.2, -0.15) is 0 Å². The second kappa shape index (κ2) is 8.70. The lowest BCUT2D eigenvalue weighted by Crippen LogP contribution is -2.37. The van der Waals surface area contributed by atoms with Gasteiger partial charge in [0.25, 0.3) is 5.91 Å². The number of aryl methyl sites for hydroxylation is 1. The minimum atomic E-state index is -0.364. The number of ether oxygens (including phenoxy) is 1. The number of nitrogens with zero attached hydrogens (tertiary/aromatic N) is 4. The topological polar surface area (TPSA) is 94.0 Å². The number of hydrogen-bond acceptors (Lipinski definition) is 6. The van der Waals surface area contributed by atoms with Gasteiger partial charge in [-0.15, -0.1) is 0 Å². The van der Waals surface area contributed by atoms with Gasteiger partial charge >= 0.3 is 0 Å². The van der Waals surface area contributed by atoms with E-state index in [2.05, 4.69) is 46.9 Å². The predicted octanol–water partition coefficient (Wildman–Crippen LogP) is 2.27. The van der Waals surface area contributed by atoms with Crippen LogP contribution in [0, 0.1) is 0 Å². The number of anilines is 1. The van der Waals surface area contributed by atoms with Gasteiger partial charge in [-0.05, 0) is 52.2 Å². The molecular weight excluding hydrogens is 352 g/mol. The lowest BCUT2D eigenvalue weighted by atomic mass is 9.87. The molecule has 0 aliphatic carbocycles. The number of thiocarbonyl (C=S) groups is 1. The first kappa shape index (κ1) is 19.8. The Kier molecular flexibility index (Phi) is 6.62. The van der Waals surface area contributed by atoms with Gasteiger partial charge in [0, 0.05) is 6.54 Å². The van der Waals surface area contributed by atoms with Crippen molar-refractivity contribution in [2.45, 2.75) is 46.1 Å². The predicted molar refractivity (Wildman–Crippen MR) is 103 cm³/mol. The second-order valence-electron chi connectivity index (χ2n) is 6.79. The number of carbonyl (C=O) groups excluding carboxylic acids is 1. The van der Waals surface area contributed by atoms with Gasteiger partial charge in [-0.25, -0.2) is 4.68 Å². The number of benzene rings is 1.